The Kier molecular flexibility index (Phi) is 1.54. The van der Waals surface area contributed by atoms with Crippen molar-refractivity contribution in [1.82, 2.24) is 0 Å². The molecule has 3 nitrogen and oxygen atoms in total. The summed E-state index contributed by atoms with van der Waals surface area (Å²) in [4.78, 5) is 9.09. The highest BCUT2D eigenvalue weighted by Crippen LogP contribution is 2.57. The van der Waals surface area contributed by atoms with Crippen LogP contribution in [0, 0.1) is 0 Å². The Morgan fingerprint density at radius 3 is 2.50 bits per heavy atom. The third-order valence-electron chi connectivity index (χ3n) is 1.14. The first-order valence-electron chi connectivity index (χ1n) is 2.55. The minimum Gasteiger partial charge on any atom is -0.365 e. The molecular weight excluding hydrogens is 127 g/mol. The summed E-state index contributed by atoms with van der Waals surface area (Å²) in [5.74, 6) is 0. The Morgan fingerprint density at radius 2 is 2.38 bits per heavy atom. The van der Waals surface area contributed by atoms with Crippen LogP contribution in [0.4, 0.5) is 0 Å². The zero-order valence-electron chi connectivity index (χ0n) is 4.74. The van der Waals surface area contributed by atoms with E-state index in [9.17, 15) is 0 Å². The van der Waals surface area contributed by atoms with Gasteiger partial charge in [0.05, 0.1) is 0 Å². The molecule has 2 atom stereocenters. The van der Waals surface area contributed by atoms with Crippen LogP contribution in [-0.2, 0) is 4.52 Å². The molecule has 0 aromatic rings. The molecule has 2 unspecified atom stereocenters. The van der Waals surface area contributed by atoms with E-state index in [2.05, 4.69) is 0 Å². The van der Waals surface area contributed by atoms with Crippen LogP contribution in [0.2, 0.25) is 0 Å². The van der Waals surface area contributed by atoms with Gasteiger partial charge in [0.15, 0.2) is 0 Å². The van der Waals surface area contributed by atoms with Gasteiger partial charge in [-0.2, -0.15) is 4.52 Å². The average molecular weight is 137 g/mol. The van der Waals surface area contributed by atoms with Crippen LogP contribution in [0.15, 0.2) is 0 Å². The Bertz CT molecular complexity index is 93.3. The molecule has 1 aliphatic rings. The second kappa shape index (κ2) is 1.92. The lowest BCUT2D eigenvalue weighted by Gasteiger charge is -2.03. The van der Waals surface area contributed by atoms with Crippen LogP contribution < -0.4 is 0 Å². The monoisotopic (exact) mass is 137 g/mol. The van der Waals surface area contributed by atoms with Gasteiger partial charge in [-0.05, 0) is 0 Å². The van der Waals surface area contributed by atoms with E-state index < -0.39 is 14.0 Å². The van der Waals surface area contributed by atoms with E-state index in [-0.39, 0.29) is 0 Å². The number of aliphatic hydroxyl groups excluding tert-OH is 1. The lowest BCUT2D eigenvalue weighted by molar-refractivity contribution is -0.00207. The van der Waals surface area contributed by atoms with Crippen molar-refractivity contribution in [2.75, 3.05) is 12.8 Å². The Hall–Kier alpha value is 0.310. The van der Waals surface area contributed by atoms with Gasteiger partial charge < -0.3 is 5.11 Å². The summed E-state index contributed by atoms with van der Waals surface area (Å²) in [5, 5.41) is 8.71. The molecule has 8 heavy (non-hydrogen) atoms. The smallest absolute Gasteiger partial charge is 0.272 e. The van der Waals surface area contributed by atoms with Crippen molar-refractivity contribution in [3.05, 3.63) is 0 Å². The molecule has 1 aliphatic heterocycles. The van der Waals surface area contributed by atoms with E-state index in [1.54, 1.807) is 6.66 Å². The molecule has 48 valence electrons. The van der Waals surface area contributed by atoms with Crippen molar-refractivity contribution < 1.29 is 14.5 Å². The van der Waals surface area contributed by atoms with E-state index in [1.807, 2.05) is 0 Å². The first-order valence-corrected chi connectivity index (χ1v) is 4.84. The fourth-order valence-electron chi connectivity index (χ4n) is 0.718. The molecular formula is C4H10O3P+. The number of hydrogen-bond donors (Lipinski definition) is 2. The van der Waals surface area contributed by atoms with E-state index in [1.165, 1.54) is 0 Å². The van der Waals surface area contributed by atoms with Crippen LogP contribution in [0.1, 0.15) is 6.42 Å². The van der Waals surface area contributed by atoms with Gasteiger partial charge in [-0.25, -0.2) is 4.89 Å². The topological polar surface area (TPSA) is 49.7 Å². The van der Waals surface area contributed by atoms with Crippen LogP contribution >= 0.6 is 7.72 Å². The van der Waals surface area contributed by atoms with Crippen molar-refractivity contribution in [3.63, 3.8) is 0 Å². The summed E-state index contributed by atoms with van der Waals surface area (Å²) in [6.07, 6.45) is 0.507. The van der Waals surface area contributed by atoms with Gasteiger partial charge in [0.2, 0.25) is 6.29 Å². The first kappa shape index (κ1) is 6.43. The molecule has 0 aromatic carbocycles. The minimum absolute atomic E-state index is 0.584. The van der Waals surface area contributed by atoms with Gasteiger partial charge in [0.1, 0.15) is 12.8 Å². The number of rotatable bonds is 0. The third kappa shape index (κ3) is 1.39. The van der Waals surface area contributed by atoms with Gasteiger partial charge in [0.25, 0.3) is 7.72 Å². The second-order valence-corrected chi connectivity index (χ2v) is 4.88. The quantitative estimate of drug-likeness (QED) is 0.469. The van der Waals surface area contributed by atoms with Gasteiger partial charge in [0, 0.05) is 6.42 Å². The van der Waals surface area contributed by atoms with Gasteiger partial charge in [-0.1, -0.05) is 0 Å². The fraction of sp³-hybridized carbons (Fsp3) is 1.00. The van der Waals surface area contributed by atoms with Crippen molar-refractivity contribution in [1.29, 1.82) is 0 Å². The summed E-state index contributed by atoms with van der Waals surface area (Å²) in [5.41, 5.74) is 0. The maximum absolute atomic E-state index is 9.09. The summed E-state index contributed by atoms with van der Waals surface area (Å²) < 4.78 is 4.77. The molecule has 0 radical (unpaired) electrons. The Balaban J connectivity index is 2.44. The second-order valence-electron chi connectivity index (χ2n) is 2.12. The number of aliphatic hydroxyl groups is 1. The molecule has 1 saturated heterocycles. The van der Waals surface area contributed by atoms with Crippen molar-refractivity contribution in [2.24, 2.45) is 0 Å². The first-order chi connectivity index (χ1) is 3.60. The van der Waals surface area contributed by atoms with Crippen LogP contribution in [0.3, 0.4) is 0 Å². The zero-order chi connectivity index (χ0) is 6.20. The lowest BCUT2D eigenvalue weighted by atomic mass is 10.5. The summed E-state index contributed by atoms with van der Waals surface area (Å²) >= 11 is 0. The third-order valence-corrected chi connectivity index (χ3v) is 2.93. The average Bonchev–Trinajstić information content (AvgIpc) is 1.82. The van der Waals surface area contributed by atoms with Crippen LogP contribution in [0.25, 0.3) is 0 Å². The summed E-state index contributed by atoms with van der Waals surface area (Å²) in [6.45, 7) is 1.66. The van der Waals surface area contributed by atoms with Crippen molar-refractivity contribution in [2.45, 2.75) is 12.7 Å². The molecule has 1 heterocycles. The highest BCUT2D eigenvalue weighted by atomic mass is 31.2. The molecule has 0 aliphatic carbocycles. The summed E-state index contributed by atoms with van der Waals surface area (Å²) in [6, 6.07) is 0. The maximum atomic E-state index is 9.09. The van der Waals surface area contributed by atoms with E-state index in [0.29, 0.717) is 12.6 Å². The molecule has 2 N–H and O–H groups in total. The summed E-state index contributed by atoms with van der Waals surface area (Å²) in [7, 11) is -2.10. The molecule has 0 amide bonds. The molecule has 0 spiro atoms. The highest BCUT2D eigenvalue weighted by molar-refractivity contribution is 7.65. The largest absolute Gasteiger partial charge is 0.365 e. The minimum atomic E-state index is -2.10. The Morgan fingerprint density at radius 1 is 1.75 bits per heavy atom. The Labute approximate surface area is 48.8 Å². The maximum Gasteiger partial charge on any atom is 0.272 e. The standard InChI is InChI=1S/C4H10O3P/c1-8(6)3-2-4(5)7-8/h4-6H,2-3H2,1H3/q+1. The molecule has 4 heteroatoms. The van der Waals surface area contributed by atoms with E-state index >= 15 is 0 Å². The molecule has 1 rings (SSSR count). The van der Waals surface area contributed by atoms with Gasteiger partial charge in [-0.15, -0.1) is 0 Å². The predicted molar refractivity (Wildman–Crippen MR) is 31.6 cm³/mol. The van der Waals surface area contributed by atoms with Crippen LogP contribution in [0.5, 0.6) is 0 Å². The van der Waals surface area contributed by atoms with Crippen molar-refractivity contribution >= 4 is 7.72 Å². The zero-order valence-corrected chi connectivity index (χ0v) is 5.64. The number of hydrogen-bond acceptors (Lipinski definition) is 3. The lowest BCUT2D eigenvalue weighted by Crippen LogP contribution is -2.00. The van der Waals surface area contributed by atoms with Crippen LogP contribution in [-0.4, -0.2) is 29.1 Å². The molecule has 0 saturated carbocycles. The molecule has 1 fully saturated rings. The highest BCUT2D eigenvalue weighted by Gasteiger charge is 2.41. The molecule has 0 bridgehead atoms. The van der Waals surface area contributed by atoms with Gasteiger partial charge >= 0.3 is 0 Å². The predicted octanol–water partition coefficient (Wildman–Crippen LogP) is 0.195. The van der Waals surface area contributed by atoms with Gasteiger partial charge in [-0.3, -0.25) is 0 Å². The van der Waals surface area contributed by atoms with Crippen molar-refractivity contribution in [3.8, 4) is 0 Å². The fourth-order valence-corrected chi connectivity index (χ4v) is 2.15. The SMILES string of the molecule is C[P+]1(O)CCC(O)O1. The van der Waals surface area contributed by atoms with E-state index in [0.717, 1.165) is 0 Å². The molecule has 0 aromatic heterocycles. The normalized spacial score (nSPS) is 47.6. The van der Waals surface area contributed by atoms with E-state index in [4.69, 9.17) is 14.5 Å².